The molecular formula is C12H16INO3. The highest BCUT2D eigenvalue weighted by Crippen LogP contribution is 2.31. The summed E-state index contributed by atoms with van der Waals surface area (Å²) in [5, 5.41) is 0. The van der Waals surface area contributed by atoms with Crippen molar-refractivity contribution in [3.63, 3.8) is 0 Å². The van der Waals surface area contributed by atoms with Crippen molar-refractivity contribution in [2.75, 3.05) is 10.2 Å². The zero-order chi connectivity index (χ0) is 13.1. The zero-order valence-electron chi connectivity index (χ0n) is 10.4. The van der Waals surface area contributed by atoms with E-state index in [0.717, 1.165) is 0 Å². The van der Waals surface area contributed by atoms with Gasteiger partial charge in [-0.1, -0.05) is 12.1 Å². The van der Waals surface area contributed by atoms with Crippen molar-refractivity contribution in [1.82, 2.24) is 0 Å². The minimum Gasteiger partial charge on any atom is -0.495 e. The number of nitrogens with zero attached hydrogens (tertiary/aromatic N) is 1. The second-order valence-corrected chi connectivity index (χ2v) is 5.40. The predicted octanol–water partition coefficient (Wildman–Crippen LogP) is 3.79. The van der Waals surface area contributed by atoms with Crippen LogP contribution in [0.1, 0.15) is 20.8 Å². The average Bonchev–Trinajstić information content (AvgIpc) is 2.25. The van der Waals surface area contributed by atoms with E-state index in [4.69, 9.17) is 9.47 Å². The number of hydrogen-bond donors (Lipinski definition) is 0. The molecule has 0 bridgehead atoms. The van der Waals surface area contributed by atoms with Gasteiger partial charge in [-0.3, -0.25) is 0 Å². The summed E-state index contributed by atoms with van der Waals surface area (Å²) in [6.07, 6.45) is -0.414. The third kappa shape index (κ3) is 4.07. The van der Waals surface area contributed by atoms with Gasteiger partial charge in [0.2, 0.25) is 0 Å². The molecule has 0 spiro atoms. The van der Waals surface area contributed by atoms with Crippen LogP contribution in [0.2, 0.25) is 0 Å². The van der Waals surface area contributed by atoms with Crippen molar-refractivity contribution < 1.29 is 14.3 Å². The normalized spacial score (nSPS) is 10.9. The summed E-state index contributed by atoms with van der Waals surface area (Å²) >= 11 is 1.90. The quantitative estimate of drug-likeness (QED) is 0.602. The van der Waals surface area contributed by atoms with Crippen LogP contribution in [0, 0.1) is 0 Å². The van der Waals surface area contributed by atoms with Gasteiger partial charge < -0.3 is 9.47 Å². The van der Waals surface area contributed by atoms with E-state index in [1.165, 1.54) is 3.11 Å². The average molecular weight is 349 g/mol. The molecule has 0 saturated carbocycles. The van der Waals surface area contributed by atoms with Gasteiger partial charge >= 0.3 is 6.09 Å². The third-order valence-corrected chi connectivity index (χ3v) is 2.76. The lowest BCUT2D eigenvalue weighted by molar-refractivity contribution is 0.0617. The molecule has 5 heteroatoms. The number of rotatable bonds is 2. The lowest BCUT2D eigenvalue weighted by atomic mass is 10.2. The number of halogens is 1. The van der Waals surface area contributed by atoms with E-state index in [0.29, 0.717) is 11.4 Å². The standard InChI is InChI=1S/C12H16INO3/c1-12(2,3)17-11(15)14(13)9-7-5-6-8-10(9)16-4/h5-8H,1-4H3. The fourth-order valence-electron chi connectivity index (χ4n) is 1.19. The monoisotopic (exact) mass is 349 g/mol. The van der Waals surface area contributed by atoms with Gasteiger partial charge in [0.1, 0.15) is 11.4 Å². The molecule has 17 heavy (non-hydrogen) atoms. The van der Waals surface area contributed by atoms with E-state index >= 15 is 0 Å². The Morgan fingerprint density at radius 2 is 1.88 bits per heavy atom. The molecule has 0 unspecified atom stereocenters. The van der Waals surface area contributed by atoms with Gasteiger partial charge in [-0.05, 0) is 32.9 Å². The van der Waals surface area contributed by atoms with Gasteiger partial charge in [0.05, 0.1) is 35.7 Å². The molecule has 0 fully saturated rings. The molecule has 0 radical (unpaired) electrons. The van der Waals surface area contributed by atoms with Crippen LogP contribution in [0.15, 0.2) is 24.3 Å². The minimum atomic E-state index is -0.511. The largest absolute Gasteiger partial charge is 0.495 e. The van der Waals surface area contributed by atoms with Crippen molar-refractivity contribution in [3.05, 3.63) is 24.3 Å². The Morgan fingerprint density at radius 3 is 2.41 bits per heavy atom. The van der Waals surface area contributed by atoms with Gasteiger partial charge in [-0.25, -0.2) is 7.91 Å². The van der Waals surface area contributed by atoms with E-state index in [2.05, 4.69) is 0 Å². The van der Waals surface area contributed by atoms with E-state index in [-0.39, 0.29) is 0 Å². The number of hydrogen-bond acceptors (Lipinski definition) is 3. The molecule has 0 N–H and O–H groups in total. The second-order valence-electron chi connectivity index (χ2n) is 4.43. The molecule has 0 aliphatic rings. The SMILES string of the molecule is COc1ccccc1N(I)C(=O)OC(C)(C)C. The molecule has 94 valence electrons. The Labute approximate surface area is 115 Å². The highest BCUT2D eigenvalue weighted by molar-refractivity contribution is 14.1. The molecular weight excluding hydrogens is 333 g/mol. The molecule has 0 atom stereocenters. The van der Waals surface area contributed by atoms with E-state index < -0.39 is 11.7 Å². The number of methoxy groups -OCH3 is 1. The molecule has 0 aromatic heterocycles. The van der Waals surface area contributed by atoms with E-state index in [9.17, 15) is 4.79 Å². The van der Waals surface area contributed by atoms with Crippen LogP contribution in [0.25, 0.3) is 0 Å². The summed E-state index contributed by atoms with van der Waals surface area (Å²) in [4.78, 5) is 11.9. The van der Waals surface area contributed by atoms with E-state index in [1.54, 1.807) is 19.2 Å². The lowest BCUT2D eigenvalue weighted by Gasteiger charge is -2.24. The highest BCUT2D eigenvalue weighted by atomic mass is 127. The fourth-order valence-corrected chi connectivity index (χ4v) is 1.69. The number of carbonyl (C=O) groups excluding carboxylic acids is 1. The first kappa shape index (κ1) is 14.1. The number of benzene rings is 1. The summed E-state index contributed by atoms with van der Waals surface area (Å²) in [5.74, 6) is 0.632. The van der Waals surface area contributed by atoms with Crippen LogP contribution in [0.5, 0.6) is 5.75 Å². The fraction of sp³-hybridized carbons (Fsp3) is 0.417. The predicted molar refractivity (Wildman–Crippen MR) is 75.7 cm³/mol. The van der Waals surface area contributed by atoms with Crippen molar-refractivity contribution in [2.45, 2.75) is 26.4 Å². The Kier molecular flexibility index (Phi) is 4.62. The molecule has 1 rings (SSSR count). The molecule has 0 heterocycles. The maximum Gasteiger partial charge on any atom is 0.424 e. The second kappa shape index (κ2) is 5.57. The van der Waals surface area contributed by atoms with Crippen molar-refractivity contribution >= 4 is 34.6 Å². The van der Waals surface area contributed by atoms with Crippen LogP contribution in [-0.4, -0.2) is 18.8 Å². The van der Waals surface area contributed by atoms with Crippen LogP contribution in [0.3, 0.4) is 0 Å². The van der Waals surface area contributed by atoms with Crippen molar-refractivity contribution in [2.24, 2.45) is 0 Å². The number of carbonyl (C=O) groups is 1. The van der Waals surface area contributed by atoms with Gasteiger partial charge in [0, 0.05) is 0 Å². The van der Waals surface area contributed by atoms with Crippen LogP contribution in [0.4, 0.5) is 10.5 Å². The zero-order valence-corrected chi connectivity index (χ0v) is 12.5. The summed E-state index contributed by atoms with van der Waals surface area (Å²) in [6.45, 7) is 5.49. The molecule has 0 aliphatic heterocycles. The number of para-hydroxylation sites is 2. The molecule has 1 aromatic rings. The number of ether oxygens (including phenoxy) is 2. The van der Waals surface area contributed by atoms with Crippen molar-refractivity contribution in [1.29, 1.82) is 0 Å². The summed E-state index contributed by atoms with van der Waals surface area (Å²) < 4.78 is 11.9. The molecule has 0 saturated heterocycles. The lowest BCUT2D eigenvalue weighted by Crippen LogP contribution is -2.30. The highest BCUT2D eigenvalue weighted by Gasteiger charge is 2.23. The third-order valence-electron chi connectivity index (χ3n) is 1.85. The number of amides is 1. The Morgan fingerprint density at radius 1 is 1.29 bits per heavy atom. The first-order chi connectivity index (χ1) is 7.85. The molecule has 4 nitrogen and oxygen atoms in total. The Hall–Kier alpha value is -0.980. The van der Waals surface area contributed by atoms with Gasteiger partial charge in [-0.15, -0.1) is 0 Å². The first-order valence-corrected chi connectivity index (χ1v) is 6.13. The Balaban J connectivity index is 2.89. The van der Waals surface area contributed by atoms with Crippen molar-refractivity contribution in [3.8, 4) is 5.75 Å². The maximum atomic E-state index is 11.9. The van der Waals surface area contributed by atoms with Gasteiger partial charge in [-0.2, -0.15) is 0 Å². The Bertz CT molecular complexity index is 401. The minimum absolute atomic E-state index is 0.414. The van der Waals surface area contributed by atoms with Crippen LogP contribution < -0.4 is 7.85 Å². The summed E-state index contributed by atoms with van der Waals surface area (Å²) in [6, 6.07) is 7.29. The van der Waals surface area contributed by atoms with Gasteiger partial charge in [0.15, 0.2) is 0 Å². The van der Waals surface area contributed by atoms with E-state index in [1.807, 2.05) is 55.8 Å². The smallest absolute Gasteiger partial charge is 0.424 e. The topological polar surface area (TPSA) is 38.8 Å². The first-order valence-electron chi connectivity index (χ1n) is 5.17. The molecule has 1 amide bonds. The maximum absolute atomic E-state index is 11.9. The number of anilines is 1. The molecule has 0 aliphatic carbocycles. The summed E-state index contributed by atoms with van der Waals surface area (Å²) in [7, 11) is 1.57. The van der Waals surface area contributed by atoms with Gasteiger partial charge in [0.25, 0.3) is 0 Å². The molecule has 1 aromatic carbocycles. The van der Waals surface area contributed by atoms with Crippen LogP contribution in [-0.2, 0) is 4.74 Å². The summed E-state index contributed by atoms with van der Waals surface area (Å²) in [5.41, 5.74) is 0.160. The van der Waals surface area contributed by atoms with Crippen LogP contribution >= 0.6 is 22.9 Å².